The van der Waals surface area contributed by atoms with E-state index in [0.717, 1.165) is 18.1 Å². The minimum absolute atomic E-state index is 0.890. The zero-order chi connectivity index (χ0) is 7.26. The Balaban J connectivity index is 1.71. The monoisotopic (exact) mass is 150 g/mol. The van der Waals surface area contributed by atoms with Crippen LogP contribution >= 0.6 is 0 Å². The van der Waals surface area contributed by atoms with Crippen LogP contribution in [-0.2, 0) is 0 Å². The summed E-state index contributed by atoms with van der Waals surface area (Å²) in [7, 11) is 0. The summed E-state index contributed by atoms with van der Waals surface area (Å²) in [6, 6.07) is 2.89. The molecule has 1 radical (unpaired) electrons. The van der Waals surface area contributed by atoms with Crippen LogP contribution in [0.1, 0.15) is 38.5 Å². The number of hydrogen-bond donors (Lipinski definition) is 0. The summed E-state index contributed by atoms with van der Waals surface area (Å²) in [6.07, 6.45) is 11.3. The van der Waals surface area contributed by atoms with Gasteiger partial charge in [0.15, 0.2) is 0 Å². The zero-order valence-electron chi connectivity index (χ0n) is 7.00. The van der Waals surface area contributed by atoms with Gasteiger partial charge in [-0.25, -0.2) is 0 Å². The van der Waals surface area contributed by atoms with E-state index in [2.05, 4.69) is 11.3 Å². The molecule has 1 nitrogen and oxygen atoms in total. The molecule has 2 aliphatic heterocycles. The molecule has 3 unspecified atom stereocenters. The van der Waals surface area contributed by atoms with Gasteiger partial charge >= 0.3 is 0 Å². The van der Waals surface area contributed by atoms with Crippen LogP contribution in [0.25, 0.3) is 0 Å². The fourth-order valence-corrected chi connectivity index (χ4v) is 3.20. The first-order chi connectivity index (χ1) is 5.45. The van der Waals surface area contributed by atoms with Crippen molar-refractivity contribution in [3.63, 3.8) is 0 Å². The standard InChI is InChI=1S/C10H16N/c1-2-4-8(3-1)11-9-5-6-10(11)7-9/h3,8-10H,1-2,4-7H2. The highest BCUT2D eigenvalue weighted by Gasteiger charge is 2.47. The Labute approximate surface area is 68.8 Å². The average molecular weight is 150 g/mol. The molecule has 2 bridgehead atoms. The fraction of sp³-hybridized carbons (Fsp3) is 0.900. The van der Waals surface area contributed by atoms with Crippen LogP contribution in [0, 0.1) is 6.42 Å². The predicted octanol–water partition coefficient (Wildman–Crippen LogP) is 1.98. The molecule has 2 saturated heterocycles. The lowest BCUT2D eigenvalue weighted by molar-refractivity contribution is 0.0456. The normalized spacial score (nSPS) is 44.7. The molecular formula is C10H16N. The van der Waals surface area contributed by atoms with Crippen LogP contribution in [0.4, 0.5) is 0 Å². The van der Waals surface area contributed by atoms with Crippen LogP contribution in [0.15, 0.2) is 0 Å². The van der Waals surface area contributed by atoms with E-state index in [4.69, 9.17) is 0 Å². The van der Waals surface area contributed by atoms with Crippen molar-refractivity contribution < 1.29 is 0 Å². The summed E-state index contributed by atoms with van der Waals surface area (Å²) in [6.45, 7) is 0. The van der Waals surface area contributed by atoms with Crippen LogP contribution in [0.2, 0.25) is 0 Å². The second kappa shape index (κ2) is 2.22. The van der Waals surface area contributed by atoms with Crippen molar-refractivity contribution in [3.8, 4) is 0 Å². The highest BCUT2D eigenvalue weighted by Crippen LogP contribution is 2.44. The maximum absolute atomic E-state index is 2.78. The fourth-order valence-electron chi connectivity index (χ4n) is 3.20. The third-order valence-corrected chi connectivity index (χ3v) is 3.75. The Morgan fingerprint density at radius 3 is 2.45 bits per heavy atom. The van der Waals surface area contributed by atoms with E-state index in [9.17, 15) is 0 Å². The molecule has 3 atom stereocenters. The first-order valence-corrected chi connectivity index (χ1v) is 5.06. The van der Waals surface area contributed by atoms with E-state index in [-0.39, 0.29) is 0 Å². The molecule has 0 aromatic rings. The van der Waals surface area contributed by atoms with Crippen molar-refractivity contribution in [1.82, 2.24) is 4.90 Å². The molecule has 4 aliphatic rings. The number of fused-ring (bicyclic) bond motifs is 1. The Kier molecular flexibility index (Phi) is 1.31. The Hall–Kier alpha value is -0.0400. The van der Waals surface area contributed by atoms with E-state index in [1.807, 2.05) is 0 Å². The van der Waals surface area contributed by atoms with Gasteiger partial charge in [-0.15, -0.1) is 0 Å². The smallest absolute Gasteiger partial charge is 0.0133 e. The van der Waals surface area contributed by atoms with Crippen molar-refractivity contribution >= 4 is 0 Å². The first kappa shape index (κ1) is 6.47. The van der Waals surface area contributed by atoms with E-state index < -0.39 is 0 Å². The third-order valence-electron chi connectivity index (χ3n) is 3.75. The molecule has 61 valence electrons. The summed E-state index contributed by atoms with van der Waals surface area (Å²) < 4.78 is 0. The number of nitrogens with zero attached hydrogens (tertiary/aromatic N) is 1. The van der Waals surface area contributed by atoms with Crippen molar-refractivity contribution in [2.75, 3.05) is 0 Å². The van der Waals surface area contributed by atoms with Crippen LogP contribution in [-0.4, -0.2) is 23.0 Å². The topological polar surface area (TPSA) is 3.24 Å². The summed E-state index contributed by atoms with van der Waals surface area (Å²) in [5, 5.41) is 0. The van der Waals surface area contributed by atoms with Crippen LogP contribution in [0.5, 0.6) is 0 Å². The highest BCUT2D eigenvalue weighted by atomic mass is 15.3. The molecule has 0 N–H and O–H groups in total. The molecule has 2 heterocycles. The lowest BCUT2D eigenvalue weighted by Gasteiger charge is -2.44. The molecule has 0 aromatic heterocycles. The lowest BCUT2D eigenvalue weighted by Crippen LogP contribution is -2.53. The minimum Gasteiger partial charge on any atom is -0.294 e. The minimum atomic E-state index is 0.890. The number of rotatable bonds is 1. The molecule has 1 heteroatoms. The van der Waals surface area contributed by atoms with Gasteiger partial charge in [-0.2, -0.15) is 0 Å². The van der Waals surface area contributed by atoms with Gasteiger partial charge in [-0.1, -0.05) is 6.42 Å². The van der Waals surface area contributed by atoms with Gasteiger partial charge in [-0.05, 0) is 38.5 Å². The average Bonchev–Trinajstić information content (AvgIpc) is 2.59. The predicted molar refractivity (Wildman–Crippen MR) is 45.2 cm³/mol. The molecule has 4 rings (SSSR count). The molecular weight excluding hydrogens is 134 g/mol. The Morgan fingerprint density at radius 2 is 1.91 bits per heavy atom. The quantitative estimate of drug-likeness (QED) is 0.552. The van der Waals surface area contributed by atoms with Gasteiger partial charge in [0, 0.05) is 18.1 Å². The summed E-state index contributed by atoms with van der Waals surface area (Å²) in [5.41, 5.74) is 0. The molecule has 2 aliphatic carbocycles. The molecule has 4 fully saturated rings. The van der Waals surface area contributed by atoms with Gasteiger partial charge in [0.1, 0.15) is 0 Å². The second-order valence-corrected chi connectivity index (χ2v) is 4.30. The Bertz CT molecular complexity index is 146. The van der Waals surface area contributed by atoms with Crippen molar-refractivity contribution in [2.45, 2.75) is 56.7 Å². The summed E-state index contributed by atoms with van der Waals surface area (Å²) in [4.78, 5) is 2.78. The molecule has 0 spiro atoms. The van der Waals surface area contributed by atoms with E-state index in [1.54, 1.807) is 0 Å². The van der Waals surface area contributed by atoms with Crippen LogP contribution < -0.4 is 0 Å². The van der Waals surface area contributed by atoms with Gasteiger partial charge in [-0.3, -0.25) is 4.90 Å². The second-order valence-electron chi connectivity index (χ2n) is 4.30. The van der Waals surface area contributed by atoms with Gasteiger partial charge in [0.05, 0.1) is 0 Å². The van der Waals surface area contributed by atoms with Crippen molar-refractivity contribution in [1.29, 1.82) is 0 Å². The van der Waals surface area contributed by atoms with E-state index >= 15 is 0 Å². The van der Waals surface area contributed by atoms with Gasteiger partial charge in [0.2, 0.25) is 0 Å². The van der Waals surface area contributed by atoms with Gasteiger partial charge in [0.25, 0.3) is 0 Å². The SMILES string of the molecule is [CH]1CCCC1N1C2CCC1C2. The highest BCUT2D eigenvalue weighted by molar-refractivity contribution is 5.07. The van der Waals surface area contributed by atoms with Gasteiger partial charge < -0.3 is 0 Å². The van der Waals surface area contributed by atoms with E-state index in [1.165, 1.54) is 38.5 Å². The van der Waals surface area contributed by atoms with Crippen molar-refractivity contribution in [3.05, 3.63) is 6.42 Å². The summed E-state index contributed by atoms with van der Waals surface area (Å²) in [5.74, 6) is 0. The first-order valence-electron chi connectivity index (χ1n) is 5.06. The maximum atomic E-state index is 2.78. The van der Waals surface area contributed by atoms with Crippen LogP contribution in [0.3, 0.4) is 0 Å². The maximum Gasteiger partial charge on any atom is 0.0133 e. The molecule has 11 heavy (non-hydrogen) atoms. The summed E-state index contributed by atoms with van der Waals surface area (Å²) >= 11 is 0. The third kappa shape index (κ3) is 0.807. The number of hydrogen-bond acceptors (Lipinski definition) is 1. The zero-order valence-corrected chi connectivity index (χ0v) is 7.00. The van der Waals surface area contributed by atoms with Crippen molar-refractivity contribution in [2.24, 2.45) is 0 Å². The molecule has 2 saturated carbocycles. The largest absolute Gasteiger partial charge is 0.294 e. The molecule has 0 aromatic carbocycles. The lowest BCUT2D eigenvalue weighted by atomic mass is 9.99. The van der Waals surface area contributed by atoms with E-state index in [0.29, 0.717) is 0 Å². The Morgan fingerprint density at radius 1 is 1.09 bits per heavy atom. The molecule has 0 amide bonds.